The minimum absolute atomic E-state index is 0.361. The van der Waals surface area contributed by atoms with Gasteiger partial charge in [0.05, 0.1) is 12.3 Å². The lowest BCUT2D eigenvalue weighted by molar-refractivity contribution is -0.151. The highest BCUT2D eigenvalue weighted by Gasteiger charge is 2.16. The lowest BCUT2D eigenvalue weighted by atomic mass is 10.1. The fourth-order valence-corrected chi connectivity index (χ4v) is 2.29. The molecule has 21 heavy (non-hydrogen) atoms. The molecule has 0 aliphatic heterocycles. The summed E-state index contributed by atoms with van der Waals surface area (Å²) >= 11 is 1.38. The highest BCUT2D eigenvalue weighted by molar-refractivity contribution is 7.13. The van der Waals surface area contributed by atoms with E-state index in [2.05, 4.69) is 4.98 Å². The summed E-state index contributed by atoms with van der Waals surface area (Å²) in [5, 5.41) is 2.40. The second-order valence-electron chi connectivity index (χ2n) is 4.53. The van der Waals surface area contributed by atoms with Gasteiger partial charge in [0.25, 0.3) is 0 Å². The van der Waals surface area contributed by atoms with Gasteiger partial charge in [0.15, 0.2) is 11.2 Å². The normalized spacial score (nSPS) is 11.9. The van der Waals surface area contributed by atoms with Gasteiger partial charge in [-0.25, -0.2) is 9.78 Å². The minimum Gasteiger partial charge on any atom is -0.479 e. The van der Waals surface area contributed by atoms with Gasteiger partial charge < -0.3 is 15.2 Å². The standard InChI is InChI=1S/C15H18N2O3S/c1-3-7-19-14(18)10(2)20-12-6-4-5-11(8-12)13-9-21-15(16)17-13/h4-6,8-10H,3,7H2,1-2H3,(H2,16,17). The molecule has 1 aromatic heterocycles. The molecule has 0 saturated heterocycles. The summed E-state index contributed by atoms with van der Waals surface area (Å²) in [4.78, 5) is 15.9. The Morgan fingerprint density at radius 3 is 2.95 bits per heavy atom. The first-order valence-corrected chi connectivity index (χ1v) is 7.63. The summed E-state index contributed by atoms with van der Waals surface area (Å²) in [6, 6.07) is 7.40. The van der Waals surface area contributed by atoms with Crippen molar-refractivity contribution in [3.05, 3.63) is 29.6 Å². The number of aromatic nitrogens is 1. The molecule has 1 aromatic carbocycles. The van der Waals surface area contributed by atoms with Gasteiger partial charge >= 0.3 is 5.97 Å². The van der Waals surface area contributed by atoms with Gasteiger partial charge in [-0.05, 0) is 25.5 Å². The maximum atomic E-state index is 11.7. The zero-order chi connectivity index (χ0) is 15.2. The first kappa shape index (κ1) is 15.3. The molecule has 2 rings (SSSR count). The monoisotopic (exact) mass is 306 g/mol. The van der Waals surface area contributed by atoms with Crippen molar-refractivity contribution in [3.8, 4) is 17.0 Å². The molecule has 0 aliphatic carbocycles. The number of benzene rings is 1. The average Bonchev–Trinajstić information content (AvgIpc) is 2.91. The summed E-state index contributed by atoms with van der Waals surface area (Å²) in [6.45, 7) is 4.03. The second kappa shape index (κ2) is 7.08. The van der Waals surface area contributed by atoms with Crippen molar-refractivity contribution in [2.24, 2.45) is 0 Å². The number of hydrogen-bond donors (Lipinski definition) is 1. The molecular formula is C15H18N2O3S. The molecule has 0 amide bonds. The van der Waals surface area contributed by atoms with Crippen molar-refractivity contribution in [3.63, 3.8) is 0 Å². The van der Waals surface area contributed by atoms with Crippen molar-refractivity contribution in [2.45, 2.75) is 26.4 Å². The molecule has 2 N–H and O–H groups in total. The molecule has 2 aromatic rings. The molecule has 0 fully saturated rings. The van der Waals surface area contributed by atoms with Crippen LogP contribution in [0.3, 0.4) is 0 Å². The Morgan fingerprint density at radius 2 is 2.29 bits per heavy atom. The summed E-state index contributed by atoms with van der Waals surface area (Å²) in [5.74, 6) is 0.236. The molecule has 0 bridgehead atoms. The third kappa shape index (κ3) is 4.19. The molecule has 112 valence electrons. The number of hydrogen-bond acceptors (Lipinski definition) is 6. The van der Waals surface area contributed by atoms with Gasteiger partial charge in [0, 0.05) is 10.9 Å². The third-order valence-corrected chi connectivity index (χ3v) is 3.42. The number of anilines is 1. The van der Waals surface area contributed by atoms with E-state index in [9.17, 15) is 4.79 Å². The molecule has 0 aliphatic rings. The SMILES string of the molecule is CCCOC(=O)C(C)Oc1cccc(-c2csc(N)n2)c1. The first-order chi connectivity index (χ1) is 10.1. The van der Waals surface area contributed by atoms with E-state index in [4.69, 9.17) is 15.2 Å². The van der Waals surface area contributed by atoms with Crippen molar-refractivity contribution in [1.82, 2.24) is 4.98 Å². The van der Waals surface area contributed by atoms with Crippen LogP contribution < -0.4 is 10.5 Å². The molecule has 0 radical (unpaired) electrons. The zero-order valence-electron chi connectivity index (χ0n) is 12.0. The van der Waals surface area contributed by atoms with E-state index in [1.54, 1.807) is 13.0 Å². The number of esters is 1. The number of thiazole rings is 1. The van der Waals surface area contributed by atoms with Crippen molar-refractivity contribution in [2.75, 3.05) is 12.3 Å². The summed E-state index contributed by atoms with van der Waals surface area (Å²) in [5.41, 5.74) is 7.33. The Labute approximate surface area is 127 Å². The van der Waals surface area contributed by atoms with Gasteiger partial charge in [-0.1, -0.05) is 19.1 Å². The molecule has 1 atom stereocenters. The minimum atomic E-state index is -0.646. The van der Waals surface area contributed by atoms with Crippen LogP contribution in [-0.2, 0) is 9.53 Å². The van der Waals surface area contributed by atoms with Crippen LogP contribution in [-0.4, -0.2) is 23.7 Å². The fourth-order valence-electron chi connectivity index (χ4n) is 1.72. The van der Waals surface area contributed by atoms with Crippen LogP contribution in [0.15, 0.2) is 29.6 Å². The van der Waals surface area contributed by atoms with Crippen LogP contribution in [0.25, 0.3) is 11.3 Å². The molecule has 0 saturated carbocycles. The number of carbonyl (C=O) groups excluding carboxylic acids is 1. The third-order valence-electron chi connectivity index (χ3n) is 2.74. The summed E-state index contributed by atoms with van der Waals surface area (Å²) < 4.78 is 10.7. The predicted octanol–water partition coefficient (Wildman–Crippen LogP) is 3.11. The lowest BCUT2D eigenvalue weighted by Gasteiger charge is -2.14. The molecule has 1 unspecified atom stereocenters. The Kier molecular flexibility index (Phi) is 5.16. The molecule has 6 heteroatoms. The smallest absolute Gasteiger partial charge is 0.347 e. The van der Waals surface area contributed by atoms with Crippen LogP contribution in [0.4, 0.5) is 5.13 Å². The van der Waals surface area contributed by atoms with E-state index in [0.717, 1.165) is 17.7 Å². The van der Waals surface area contributed by atoms with E-state index in [1.807, 2.05) is 30.5 Å². The van der Waals surface area contributed by atoms with Gasteiger partial charge in [-0.15, -0.1) is 11.3 Å². The number of rotatable bonds is 6. The first-order valence-electron chi connectivity index (χ1n) is 6.75. The van der Waals surface area contributed by atoms with Gasteiger partial charge in [-0.2, -0.15) is 0 Å². The van der Waals surface area contributed by atoms with Gasteiger partial charge in [0.1, 0.15) is 5.75 Å². The Hall–Kier alpha value is -2.08. The maximum Gasteiger partial charge on any atom is 0.347 e. The number of carbonyl (C=O) groups is 1. The fraction of sp³-hybridized carbons (Fsp3) is 0.333. The number of nitrogens with two attached hydrogens (primary N) is 1. The number of ether oxygens (including phenoxy) is 2. The van der Waals surface area contributed by atoms with Crippen LogP contribution >= 0.6 is 11.3 Å². The average molecular weight is 306 g/mol. The van der Waals surface area contributed by atoms with E-state index in [1.165, 1.54) is 11.3 Å². The molecule has 1 heterocycles. The highest BCUT2D eigenvalue weighted by atomic mass is 32.1. The molecule has 0 spiro atoms. The Bertz CT molecular complexity index is 612. The highest BCUT2D eigenvalue weighted by Crippen LogP contribution is 2.26. The van der Waals surface area contributed by atoms with E-state index in [-0.39, 0.29) is 5.97 Å². The quantitative estimate of drug-likeness (QED) is 0.830. The van der Waals surface area contributed by atoms with Crippen LogP contribution in [0.2, 0.25) is 0 Å². The predicted molar refractivity (Wildman–Crippen MR) is 83.3 cm³/mol. The van der Waals surface area contributed by atoms with Gasteiger partial charge in [0.2, 0.25) is 0 Å². The zero-order valence-corrected chi connectivity index (χ0v) is 12.9. The molecular weight excluding hydrogens is 288 g/mol. The number of nitrogens with zero attached hydrogens (tertiary/aromatic N) is 1. The lowest BCUT2D eigenvalue weighted by Crippen LogP contribution is -2.26. The summed E-state index contributed by atoms with van der Waals surface area (Å²) in [7, 11) is 0. The largest absolute Gasteiger partial charge is 0.479 e. The van der Waals surface area contributed by atoms with Crippen molar-refractivity contribution in [1.29, 1.82) is 0 Å². The van der Waals surface area contributed by atoms with E-state index < -0.39 is 6.10 Å². The maximum absolute atomic E-state index is 11.7. The topological polar surface area (TPSA) is 74.4 Å². The molecule has 5 nitrogen and oxygen atoms in total. The van der Waals surface area contributed by atoms with Gasteiger partial charge in [-0.3, -0.25) is 0 Å². The Morgan fingerprint density at radius 1 is 1.48 bits per heavy atom. The summed E-state index contributed by atoms with van der Waals surface area (Å²) in [6.07, 6.45) is 0.145. The number of nitrogen functional groups attached to an aromatic ring is 1. The van der Waals surface area contributed by atoms with Crippen LogP contribution in [0, 0.1) is 0 Å². The second-order valence-corrected chi connectivity index (χ2v) is 5.42. The van der Waals surface area contributed by atoms with Crippen LogP contribution in [0.1, 0.15) is 20.3 Å². The van der Waals surface area contributed by atoms with Crippen molar-refractivity contribution < 1.29 is 14.3 Å². The van der Waals surface area contributed by atoms with Crippen molar-refractivity contribution >= 4 is 22.4 Å². The van der Waals surface area contributed by atoms with E-state index in [0.29, 0.717) is 17.5 Å². The Balaban J connectivity index is 2.06. The van der Waals surface area contributed by atoms with Crippen LogP contribution in [0.5, 0.6) is 5.75 Å². The van der Waals surface area contributed by atoms with E-state index >= 15 is 0 Å².